The van der Waals surface area contributed by atoms with Gasteiger partial charge in [-0.25, -0.2) is 0 Å². The maximum absolute atomic E-state index is 11.7. The molecule has 0 amide bonds. The Kier molecular flexibility index (Phi) is 24.2. The summed E-state index contributed by atoms with van der Waals surface area (Å²) < 4.78 is 4.93. The molecule has 0 rings (SSSR count). The number of esters is 2. The van der Waals surface area contributed by atoms with Crippen LogP contribution in [0.25, 0.3) is 0 Å². The lowest BCUT2D eigenvalue weighted by Gasteiger charge is -2.04. The lowest BCUT2D eigenvalue weighted by atomic mass is 10.1. The van der Waals surface area contributed by atoms with Crippen LogP contribution in [0.5, 0.6) is 0 Å². The van der Waals surface area contributed by atoms with Crippen molar-refractivity contribution in [3.8, 4) is 0 Å². The van der Waals surface area contributed by atoms with Gasteiger partial charge in [-0.1, -0.05) is 116 Å². The Labute approximate surface area is 193 Å². The van der Waals surface area contributed by atoms with Crippen molar-refractivity contribution in [1.29, 1.82) is 0 Å². The van der Waals surface area contributed by atoms with E-state index in [1.54, 1.807) is 0 Å². The highest BCUT2D eigenvalue weighted by atomic mass is 16.6. The molecule has 0 heterocycles. The van der Waals surface area contributed by atoms with Gasteiger partial charge < -0.3 is 4.74 Å². The van der Waals surface area contributed by atoms with E-state index in [4.69, 9.17) is 4.74 Å². The van der Waals surface area contributed by atoms with E-state index in [1.165, 1.54) is 96.3 Å². The Morgan fingerprint density at radius 2 is 0.806 bits per heavy atom. The number of carbonyl (C=O) groups excluding carboxylic acids is 2. The highest BCUT2D eigenvalue weighted by Gasteiger charge is 2.09. The fraction of sp³-hybridized carbons (Fsp3) is 0.857. The van der Waals surface area contributed by atoms with Crippen molar-refractivity contribution >= 4 is 11.9 Å². The van der Waals surface area contributed by atoms with Gasteiger partial charge in [0, 0.05) is 12.8 Å². The van der Waals surface area contributed by atoms with Gasteiger partial charge in [-0.15, -0.1) is 0 Å². The summed E-state index contributed by atoms with van der Waals surface area (Å²) in [5.41, 5.74) is 0. The van der Waals surface area contributed by atoms with Crippen LogP contribution in [-0.4, -0.2) is 11.9 Å². The molecule has 0 saturated heterocycles. The molecule has 0 aliphatic carbocycles. The van der Waals surface area contributed by atoms with Crippen molar-refractivity contribution in [2.45, 2.75) is 155 Å². The number of rotatable bonds is 23. The lowest BCUT2D eigenvalue weighted by Crippen LogP contribution is -2.11. The minimum Gasteiger partial charge on any atom is -0.393 e. The van der Waals surface area contributed by atoms with Crippen LogP contribution in [0.1, 0.15) is 155 Å². The predicted molar refractivity (Wildman–Crippen MR) is 133 cm³/mol. The fourth-order valence-corrected chi connectivity index (χ4v) is 3.80. The van der Waals surface area contributed by atoms with Crippen molar-refractivity contribution in [3.63, 3.8) is 0 Å². The average Bonchev–Trinajstić information content (AvgIpc) is 2.75. The second-order valence-corrected chi connectivity index (χ2v) is 9.05. The fourth-order valence-electron chi connectivity index (χ4n) is 3.80. The van der Waals surface area contributed by atoms with Crippen molar-refractivity contribution in [2.24, 2.45) is 0 Å². The molecule has 0 aromatic carbocycles. The van der Waals surface area contributed by atoms with E-state index >= 15 is 0 Å². The minimum absolute atomic E-state index is 0.341. The highest BCUT2D eigenvalue weighted by molar-refractivity contribution is 5.85. The normalized spacial score (nSPS) is 11.3. The first-order valence-corrected chi connectivity index (χ1v) is 13.6. The van der Waals surface area contributed by atoms with E-state index in [-0.39, 0.29) is 11.9 Å². The summed E-state index contributed by atoms with van der Waals surface area (Å²) >= 11 is 0. The number of ether oxygens (including phenoxy) is 1. The first-order valence-electron chi connectivity index (χ1n) is 13.6. The van der Waals surface area contributed by atoms with Gasteiger partial charge >= 0.3 is 11.9 Å². The summed E-state index contributed by atoms with van der Waals surface area (Å²) in [7, 11) is 0. The van der Waals surface area contributed by atoms with Crippen molar-refractivity contribution in [1.82, 2.24) is 0 Å². The maximum atomic E-state index is 11.7. The van der Waals surface area contributed by atoms with Crippen LogP contribution in [0.3, 0.4) is 0 Å². The summed E-state index contributed by atoms with van der Waals surface area (Å²) in [5.74, 6) is -0.683. The third-order valence-corrected chi connectivity index (χ3v) is 5.85. The second kappa shape index (κ2) is 25.1. The smallest absolute Gasteiger partial charge is 0.313 e. The molecule has 0 bridgehead atoms. The summed E-state index contributed by atoms with van der Waals surface area (Å²) in [6.07, 6.45) is 29.7. The molecule has 0 aromatic heterocycles. The van der Waals surface area contributed by atoms with Gasteiger partial charge in [0.05, 0.1) is 0 Å². The standard InChI is InChI=1S/C28H52O3/c1-3-5-7-9-11-12-13-14-15-16-17-18-20-22-24-26-28(30)31-27(29)25-23-21-19-10-8-6-4-2/h14-15H,3-13,16-26H2,1-2H3. The second-order valence-electron chi connectivity index (χ2n) is 9.05. The molecule has 0 atom stereocenters. The Morgan fingerprint density at radius 1 is 0.484 bits per heavy atom. The number of hydrogen-bond acceptors (Lipinski definition) is 3. The average molecular weight is 437 g/mol. The number of hydrogen-bond donors (Lipinski definition) is 0. The van der Waals surface area contributed by atoms with E-state index in [0.29, 0.717) is 12.8 Å². The van der Waals surface area contributed by atoms with Crippen LogP contribution in [0, 0.1) is 0 Å². The zero-order valence-electron chi connectivity index (χ0n) is 20.9. The molecule has 0 spiro atoms. The zero-order valence-corrected chi connectivity index (χ0v) is 20.9. The molecule has 0 aliphatic rings. The molecule has 0 aromatic rings. The van der Waals surface area contributed by atoms with Gasteiger partial charge in [0.15, 0.2) is 0 Å². The topological polar surface area (TPSA) is 43.4 Å². The predicted octanol–water partition coefficient (Wildman–Crippen LogP) is 9.23. The molecule has 0 radical (unpaired) electrons. The highest BCUT2D eigenvalue weighted by Crippen LogP contribution is 2.11. The van der Waals surface area contributed by atoms with Crippen molar-refractivity contribution < 1.29 is 14.3 Å². The number of carbonyl (C=O) groups is 2. The molecule has 0 unspecified atom stereocenters. The van der Waals surface area contributed by atoms with Crippen LogP contribution in [-0.2, 0) is 14.3 Å². The van der Waals surface area contributed by atoms with Crippen molar-refractivity contribution in [2.75, 3.05) is 0 Å². The van der Waals surface area contributed by atoms with E-state index in [2.05, 4.69) is 26.0 Å². The van der Waals surface area contributed by atoms with Crippen LogP contribution >= 0.6 is 0 Å². The summed E-state index contributed by atoms with van der Waals surface area (Å²) in [4.78, 5) is 23.4. The summed E-state index contributed by atoms with van der Waals surface area (Å²) in [6.45, 7) is 4.47. The monoisotopic (exact) mass is 436 g/mol. The maximum Gasteiger partial charge on any atom is 0.313 e. The first-order chi connectivity index (χ1) is 15.2. The molecule has 0 saturated carbocycles. The molecule has 0 fully saturated rings. The van der Waals surface area contributed by atoms with Gasteiger partial charge in [0.1, 0.15) is 0 Å². The minimum atomic E-state index is -0.342. The molecular formula is C28H52O3. The van der Waals surface area contributed by atoms with Crippen LogP contribution in [0.2, 0.25) is 0 Å². The summed E-state index contributed by atoms with van der Waals surface area (Å²) in [6, 6.07) is 0. The number of unbranched alkanes of at least 4 members (excludes halogenated alkanes) is 17. The Morgan fingerprint density at radius 3 is 1.19 bits per heavy atom. The van der Waals surface area contributed by atoms with Gasteiger partial charge in [-0.3, -0.25) is 9.59 Å². The Balaban J connectivity index is 3.34. The first kappa shape index (κ1) is 29.9. The van der Waals surface area contributed by atoms with Crippen LogP contribution < -0.4 is 0 Å². The van der Waals surface area contributed by atoms with Crippen molar-refractivity contribution in [3.05, 3.63) is 12.2 Å². The van der Waals surface area contributed by atoms with E-state index < -0.39 is 0 Å². The summed E-state index contributed by atoms with van der Waals surface area (Å²) in [5, 5.41) is 0. The molecule has 0 aliphatic heterocycles. The largest absolute Gasteiger partial charge is 0.393 e. The van der Waals surface area contributed by atoms with Gasteiger partial charge in [0.2, 0.25) is 0 Å². The molecule has 0 N–H and O–H groups in total. The van der Waals surface area contributed by atoms with Gasteiger partial charge in [-0.2, -0.15) is 0 Å². The van der Waals surface area contributed by atoms with Gasteiger partial charge in [0.25, 0.3) is 0 Å². The van der Waals surface area contributed by atoms with E-state index in [0.717, 1.165) is 32.1 Å². The van der Waals surface area contributed by atoms with Crippen LogP contribution in [0.15, 0.2) is 12.2 Å². The Bertz CT molecular complexity index is 428. The molecule has 31 heavy (non-hydrogen) atoms. The van der Waals surface area contributed by atoms with E-state index in [1.807, 2.05) is 0 Å². The molecule has 182 valence electrons. The molecular weight excluding hydrogens is 384 g/mol. The third-order valence-electron chi connectivity index (χ3n) is 5.85. The molecule has 3 heteroatoms. The quantitative estimate of drug-likeness (QED) is 0.0693. The zero-order chi connectivity index (χ0) is 22.8. The number of allylic oxidation sites excluding steroid dienone is 2. The van der Waals surface area contributed by atoms with Gasteiger partial charge in [-0.05, 0) is 38.5 Å². The SMILES string of the molecule is CCCCCCCCC=CCCCCCCCC(=O)OC(=O)CCCCCCCCC. The third kappa shape index (κ3) is 25.0. The van der Waals surface area contributed by atoms with E-state index in [9.17, 15) is 9.59 Å². The molecule has 3 nitrogen and oxygen atoms in total. The lowest BCUT2D eigenvalue weighted by molar-refractivity contribution is -0.159. The Hall–Kier alpha value is -1.12. The van der Waals surface area contributed by atoms with Crippen LogP contribution in [0.4, 0.5) is 0 Å².